The third-order valence-corrected chi connectivity index (χ3v) is 2.80. The molecule has 0 aliphatic heterocycles. The Labute approximate surface area is 104 Å². The SMILES string of the molecule is NCCCNC(=O)Cc1c[nH]c2c(F)cccc12. The predicted molar refractivity (Wildman–Crippen MR) is 68.6 cm³/mol. The molecule has 0 spiro atoms. The number of aromatic nitrogens is 1. The molecule has 0 radical (unpaired) electrons. The number of nitrogens with two attached hydrogens (primary N) is 1. The summed E-state index contributed by atoms with van der Waals surface area (Å²) < 4.78 is 13.4. The number of carbonyl (C=O) groups is 1. The third kappa shape index (κ3) is 2.68. The van der Waals surface area contributed by atoms with E-state index in [1.165, 1.54) is 6.07 Å². The molecule has 0 aliphatic carbocycles. The molecule has 0 aliphatic rings. The van der Waals surface area contributed by atoms with E-state index >= 15 is 0 Å². The number of fused-ring (bicyclic) bond motifs is 1. The summed E-state index contributed by atoms with van der Waals surface area (Å²) in [6.07, 6.45) is 2.68. The van der Waals surface area contributed by atoms with Gasteiger partial charge in [0.05, 0.1) is 11.9 Å². The number of rotatable bonds is 5. The monoisotopic (exact) mass is 249 g/mol. The zero-order valence-corrected chi connectivity index (χ0v) is 10.0. The normalized spacial score (nSPS) is 10.8. The molecule has 2 aromatic rings. The lowest BCUT2D eigenvalue weighted by molar-refractivity contribution is -0.120. The van der Waals surface area contributed by atoms with Gasteiger partial charge in [0.2, 0.25) is 5.91 Å². The van der Waals surface area contributed by atoms with Crippen LogP contribution < -0.4 is 11.1 Å². The largest absolute Gasteiger partial charge is 0.359 e. The van der Waals surface area contributed by atoms with Gasteiger partial charge in [-0.15, -0.1) is 0 Å². The van der Waals surface area contributed by atoms with E-state index in [-0.39, 0.29) is 18.1 Å². The van der Waals surface area contributed by atoms with Gasteiger partial charge < -0.3 is 16.0 Å². The number of H-pyrrole nitrogens is 1. The molecule has 0 unspecified atom stereocenters. The fourth-order valence-electron chi connectivity index (χ4n) is 1.89. The summed E-state index contributed by atoms with van der Waals surface area (Å²) in [5.74, 6) is -0.379. The highest BCUT2D eigenvalue weighted by molar-refractivity contribution is 5.89. The minimum absolute atomic E-state index is 0.0754. The highest BCUT2D eigenvalue weighted by Gasteiger charge is 2.10. The van der Waals surface area contributed by atoms with Gasteiger partial charge in [-0.25, -0.2) is 4.39 Å². The van der Waals surface area contributed by atoms with E-state index in [0.717, 1.165) is 17.4 Å². The molecule has 0 saturated heterocycles. The van der Waals surface area contributed by atoms with Crippen LogP contribution >= 0.6 is 0 Å². The molecule has 4 nitrogen and oxygen atoms in total. The molecule has 18 heavy (non-hydrogen) atoms. The number of carbonyl (C=O) groups excluding carboxylic acids is 1. The molecule has 5 heteroatoms. The van der Waals surface area contributed by atoms with Crippen molar-refractivity contribution >= 4 is 16.8 Å². The van der Waals surface area contributed by atoms with Crippen molar-refractivity contribution in [2.75, 3.05) is 13.1 Å². The minimum Gasteiger partial charge on any atom is -0.359 e. The molecular weight excluding hydrogens is 233 g/mol. The van der Waals surface area contributed by atoms with Crippen LogP contribution in [0.2, 0.25) is 0 Å². The summed E-state index contributed by atoms with van der Waals surface area (Å²) in [5, 5.41) is 3.53. The van der Waals surface area contributed by atoms with Crippen molar-refractivity contribution in [3.63, 3.8) is 0 Å². The maximum Gasteiger partial charge on any atom is 0.224 e. The Morgan fingerprint density at radius 2 is 2.28 bits per heavy atom. The second kappa shape index (κ2) is 5.64. The highest BCUT2D eigenvalue weighted by atomic mass is 19.1. The van der Waals surface area contributed by atoms with Crippen molar-refractivity contribution in [2.24, 2.45) is 5.73 Å². The fraction of sp³-hybridized carbons (Fsp3) is 0.308. The lowest BCUT2D eigenvalue weighted by Crippen LogP contribution is -2.27. The zero-order valence-electron chi connectivity index (χ0n) is 10.0. The molecule has 0 fully saturated rings. The molecule has 0 bridgehead atoms. The minimum atomic E-state index is -0.303. The summed E-state index contributed by atoms with van der Waals surface area (Å²) in [5.41, 5.74) is 6.59. The fourth-order valence-corrected chi connectivity index (χ4v) is 1.89. The average Bonchev–Trinajstić information content (AvgIpc) is 2.74. The van der Waals surface area contributed by atoms with Crippen molar-refractivity contribution < 1.29 is 9.18 Å². The van der Waals surface area contributed by atoms with Crippen LogP contribution in [0.5, 0.6) is 0 Å². The van der Waals surface area contributed by atoms with Gasteiger partial charge in [-0.2, -0.15) is 0 Å². The van der Waals surface area contributed by atoms with Gasteiger partial charge in [0.25, 0.3) is 0 Å². The molecule has 2 rings (SSSR count). The number of para-hydroxylation sites is 1. The van der Waals surface area contributed by atoms with Gasteiger partial charge in [0, 0.05) is 18.1 Å². The summed E-state index contributed by atoms with van der Waals surface area (Å²) in [4.78, 5) is 14.5. The summed E-state index contributed by atoms with van der Waals surface area (Å²) in [6, 6.07) is 4.84. The molecule has 0 atom stereocenters. The van der Waals surface area contributed by atoms with E-state index in [1.54, 1.807) is 18.3 Å². The van der Waals surface area contributed by atoms with Gasteiger partial charge in [0.1, 0.15) is 5.82 Å². The van der Waals surface area contributed by atoms with E-state index in [1.807, 2.05) is 0 Å². The lowest BCUT2D eigenvalue weighted by atomic mass is 10.1. The van der Waals surface area contributed by atoms with E-state index in [0.29, 0.717) is 18.6 Å². The maximum atomic E-state index is 13.4. The van der Waals surface area contributed by atoms with E-state index in [9.17, 15) is 9.18 Å². The Kier molecular flexibility index (Phi) is 3.94. The van der Waals surface area contributed by atoms with Crippen LogP contribution in [0.25, 0.3) is 10.9 Å². The number of aromatic amines is 1. The number of benzene rings is 1. The van der Waals surface area contributed by atoms with Crippen LogP contribution in [-0.2, 0) is 11.2 Å². The van der Waals surface area contributed by atoms with Gasteiger partial charge in [-0.05, 0) is 24.6 Å². The average molecular weight is 249 g/mol. The first-order valence-electron chi connectivity index (χ1n) is 5.93. The Bertz CT molecular complexity index is 550. The van der Waals surface area contributed by atoms with Crippen LogP contribution in [0.1, 0.15) is 12.0 Å². The van der Waals surface area contributed by atoms with Crippen molar-refractivity contribution in [1.82, 2.24) is 10.3 Å². The van der Waals surface area contributed by atoms with E-state index in [4.69, 9.17) is 5.73 Å². The Morgan fingerprint density at radius 1 is 1.44 bits per heavy atom. The van der Waals surface area contributed by atoms with Crippen LogP contribution in [0.4, 0.5) is 4.39 Å². The van der Waals surface area contributed by atoms with Crippen molar-refractivity contribution in [3.05, 3.63) is 35.8 Å². The first-order chi connectivity index (χ1) is 8.72. The first kappa shape index (κ1) is 12.6. The maximum absolute atomic E-state index is 13.4. The van der Waals surface area contributed by atoms with Gasteiger partial charge >= 0.3 is 0 Å². The first-order valence-corrected chi connectivity index (χ1v) is 5.93. The molecule has 1 amide bonds. The summed E-state index contributed by atoms with van der Waals surface area (Å²) in [6.45, 7) is 1.13. The van der Waals surface area contributed by atoms with Gasteiger partial charge in [0.15, 0.2) is 0 Å². The number of amides is 1. The summed E-state index contributed by atoms with van der Waals surface area (Å²) in [7, 11) is 0. The highest BCUT2D eigenvalue weighted by Crippen LogP contribution is 2.20. The van der Waals surface area contributed by atoms with Gasteiger partial charge in [-0.3, -0.25) is 4.79 Å². The Morgan fingerprint density at radius 3 is 3.06 bits per heavy atom. The molecular formula is C13H16FN3O. The molecule has 1 aromatic carbocycles. The smallest absolute Gasteiger partial charge is 0.224 e. The van der Waals surface area contributed by atoms with Crippen LogP contribution in [-0.4, -0.2) is 24.0 Å². The molecule has 0 saturated carbocycles. The number of hydrogen-bond donors (Lipinski definition) is 3. The van der Waals surface area contributed by atoms with E-state index < -0.39 is 0 Å². The van der Waals surface area contributed by atoms with Crippen molar-refractivity contribution in [3.8, 4) is 0 Å². The molecule has 1 aromatic heterocycles. The number of hydrogen-bond acceptors (Lipinski definition) is 2. The third-order valence-electron chi connectivity index (χ3n) is 2.80. The second-order valence-electron chi connectivity index (χ2n) is 4.15. The molecule has 1 heterocycles. The lowest BCUT2D eigenvalue weighted by Gasteiger charge is -2.03. The van der Waals surface area contributed by atoms with Crippen LogP contribution in [0, 0.1) is 5.82 Å². The standard InChI is InChI=1S/C13H16FN3O/c14-11-4-1-3-10-9(8-17-13(10)11)7-12(18)16-6-2-5-15/h1,3-4,8,17H,2,5-7,15H2,(H,16,18). The van der Waals surface area contributed by atoms with Crippen molar-refractivity contribution in [2.45, 2.75) is 12.8 Å². The van der Waals surface area contributed by atoms with Crippen LogP contribution in [0.3, 0.4) is 0 Å². The second-order valence-corrected chi connectivity index (χ2v) is 4.15. The number of nitrogens with one attached hydrogen (secondary N) is 2. The Balaban J connectivity index is 2.08. The molecule has 96 valence electrons. The predicted octanol–water partition coefficient (Wildman–Crippen LogP) is 1.31. The Hall–Kier alpha value is -1.88. The zero-order chi connectivity index (χ0) is 13.0. The van der Waals surface area contributed by atoms with Crippen molar-refractivity contribution in [1.29, 1.82) is 0 Å². The molecule has 4 N–H and O–H groups in total. The van der Waals surface area contributed by atoms with Gasteiger partial charge in [-0.1, -0.05) is 12.1 Å². The quantitative estimate of drug-likeness (QED) is 0.699. The number of halogens is 1. The topological polar surface area (TPSA) is 70.9 Å². The summed E-state index contributed by atoms with van der Waals surface area (Å²) >= 11 is 0. The van der Waals surface area contributed by atoms with E-state index in [2.05, 4.69) is 10.3 Å². The van der Waals surface area contributed by atoms with Crippen LogP contribution in [0.15, 0.2) is 24.4 Å².